The van der Waals surface area contributed by atoms with Gasteiger partial charge in [-0.2, -0.15) is 0 Å². The maximum Gasteiger partial charge on any atom is 0.225 e. The van der Waals surface area contributed by atoms with Gasteiger partial charge in [0.05, 0.1) is 11.1 Å². The van der Waals surface area contributed by atoms with Crippen LogP contribution in [0.25, 0.3) is 33.5 Å². The first-order valence-corrected chi connectivity index (χ1v) is 12.7. The Morgan fingerprint density at radius 1 is 1.00 bits per heavy atom. The van der Waals surface area contributed by atoms with E-state index in [2.05, 4.69) is 38.7 Å². The number of nitrogens with zero attached hydrogens (tertiary/aromatic N) is 3. The molecule has 1 aromatic heterocycles. The maximum atomic E-state index is 12.6. The molecule has 1 saturated heterocycles. The van der Waals surface area contributed by atoms with E-state index in [1.807, 2.05) is 47.4 Å². The highest BCUT2D eigenvalue weighted by atomic mass is 79.9. The molecule has 3 aromatic carbocycles. The Morgan fingerprint density at radius 3 is 2.59 bits per heavy atom. The number of hydrogen-bond donors (Lipinski definition) is 1. The van der Waals surface area contributed by atoms with Crippen LogP contribution >= 0.6 is 15.9 Å². The molecule has 1 aliphatic heterocycles. The number of imidazole rings is 1. The van der Waals surface area contributed by atoms with E-state index >= 15 is 0 Å². The summed E-state index contributed by atoms with van der Waals surface area (Å²) < 4.78 is 3.16. The third kappa shape index (κ3) is 3.80. The monoisotopic (exact) mass is 515 g/mol. The fraction of sp³-hybridized carbons (Fsp3) is 0.286. The zero-order chi connectivity index (χ0) is 23.2. The molecule has 172 valence electrons. The Labute approximate surface area is 207 Å². The number of rotatable bonds is 5. The van der Waals surface area contributed by atoms with Gasteiger partial charge in [-0.25, -0.2) is 4.98 Å². The van der Waals surface area contributed by atoms with Gasteiger partial charge in [-0.3, -0.25) is 4.79 Å². The first-order chi connectivity index (χ1) is 16.6. The highest BCUT2D eigenvalue weighted by molar-refractivity contribution is 9.10. The minimum atomic E-state index is 0.214. The van der Waals surface area contributed by atoms with Gasteiger partial charge in [0.15, 0.2) is 0 Å². The van der Waals surface area contributed by atoms with E-state index in [0.29, 0.717) is 11.8 Å². The Balaban J connectivity index is 1.45. The van der Waals surface area contributed by atoms with Crippen molar-refractivity contribution in [2.75, 3.05) is 13.1 Å². The van der Waals surface area contributed by atoms with Gasteiger partial charge in [0.2, 0.25) is 5.91 Å². The highest BCUT2D eigenvalue weighted by Gasteiger charge is 2.37. The van der Waals surface area contributed by atoms with Crippen LogP contribution in [0.3, 0.4) is 0 Å². The third-order valence-corrected chi connectivity index (χ3v) is 7.69. The summed E-state index contributed by atoms with van der Waals surface area (Å²) in [6.45, 7) is 2.37. The van der Waals surface area contributed by atoms with Crippen molar-refractivity contribution in [3.05, 3.63) is 71.2 Å². The summed E-state index contributed by atoms with van der Waals surface area (Å²) >= 11 is 3.67. The smallest absolute Gasteiger partial charge is 0.225 e. The number of likely N-dealkylation sites (tertiary alicyclic amines) is 1. The van der Waals surface area contributed by atoms with Crippen molar-refractivity contribution in [2.45, 2.75) is 25.8 Å². The predicted molar refractivity (Wildman–Crippen MR) is 137 cm³/mol. The SMILES string of the molecule is O=C(C1CC1)N1CC[C@@H](Cn2c(-c3c(O)cccc3-c3ccccc3)nc3c(Br)cccc32)C1. The number of phenolic OH excluding ortho intramolecular Hbond substituents is 1. The van der Waals surface area contributed by atoms with Gasteiger partial charge in [-0.1, -0.05) is 48.5 Å². The number of aromatic nitrogens is 2. The Bertz CT molecular complexity index is 1380. The second-order valence-corrected chi connectivity index (χ2v) is 10.3. The molecule has 0 bridgehead atoms. The van der Waals surface area contributed by atoms with Crippen LogP contribution in [-0.4, -0.2) is 38.6 Å². The summed E-state index contributed by atoms with van der Waals surface area (Å²) in [6, 6.07) is 21.9. The van der Waals surface area contributed by atoms with Crippen LogP contribution in [0.1, 0.15) is 19.3 Å². The quantitative estimate of drug-likeness (QED) is 0.349. The number of hydrogen-bond acceptors (Lipinski definition) is 3. The molecule has 1 saturated carbocycles. The molecule has 1 N–H and O–H groups in total. The minimum Gasteiger partial charge on any atom is -0.507 e. The molecule has 0 radical (unpaired) electrons. The number of para-hydroxylation sites is 1. The summed E-state index contributed by atoms with van der Waals surface area (Å²) in [5.74, 6) is 1.91. The van der Waals surface area contributed by atoms with Gasteiger partial charge in [-0.05, 0) is 70.4 Å². The second-order valence-electron chi connectivity index (χ2n) is 9.43. The number of halogens is 1. The topological polar surface area (TPSA) is 58.4 Å². The van der Waals surface area contributed by atoms with Crippen LogP contribution in [0, 0.1) is 11.8 Å². The van der Waals surface area contributed by atoms with E-state index in [4.69, 9.17) is 4.98 Å². The second kappa shape index (κ2) is 8.58. The van der Waals surface area contributed by atoms with Crippen LogP contribution in [0.2, 0.25) is 0 Å². The molecule has 4 aromatic rings. The van der Waals surface area contributed by atoms with Crippen molar-refractivity contribution in [1.82, 2.24) is 14.5 Å². The molecule has 5 nitrogen and oxygen atoms in total. The van der Waals surface area contributed by atoms with Crippen LogP contribution in [0.4, 0.5) is 0 Å². The number of fused-ring (bicyclic) bond motifs is 1. The van der Waals surface area contributed by atoms with Crippen molar-refractivity contribution >= 4 is 32.9 Å². The Morgan fingerprint density at radius 2 is 1.79 bits per heavy atom. The lowest BCUT2D eigenvalue weighted by atomic mass is 9.98. The molecule has 6 heteroatoms. The minimum absolute atomic E-state index is 0.214. The number of benzene rings is 3. The predicted octanol–water partition coefficient (Wildman–Crippen LogP) is 6.10. The lowest BCUT2D eigenvalue weighted by Gasteiger charge is -2.19. The summed E-state index contributed by atoms with van der Waals surface area (Å²) in [7, 11) is 0. The Hall–Kier alpha value is -3.12. The fourth-order valence-electron chi connectivity index (χ4n) is 5.15. The molecule has 34 heavy (non-hydrogen) atoms. The van der Waals surface area contributed by atoms with Gasteiger partial charge in [0, 0.05) is 30.0 Å². The first kappa shape index (κ1) is 21.4. The molecular weight excluding hydrogens is 490 g/mol. The summed E-state index contributed by atoms with van der Waals surface area (Å²) in [4.78, 5) is 19.7. The molecule has 1 atom stereocenters. The van der Waals surface area contributed by atoms with E-state index in [0.717, 1.165) is 76.9 Å². The molecule has 1 aliphatic carbocycles. The number of amides is 1. The average Bonchev–Trinajstić information content (AvgIpc) is 3.50. The van der Waals surface area contributed by atoms with E-state index < -0.39 is 0 Å². The Kier molecular flexibility index (Phi) is 5.41. The van der Waals surface area contributed by atoms with E-state index in [1.54, 1.807) is 6.07 Å². The van der Waals surface area contributed by atoms with E-state index in [1.165, 1.54) is 0 Å². The van der Waals surface area contributed by atoms with Crippen LogP contribution < -0.4 is 0 Å². The molecule has 0 spiro atoms. The third-order valence-electron chi connectivity index (χ3n) is 7.05. The van der Waals surface area contributed by atoms with Crippen LogP contribution in [-0.2, 0) is 11.3 Å². The van der Waals surface area contributed by atoms with Crippen molar-refractivity contribution in [3.63, 3.8) is 0 Å². The molecule has 6 rings (SSSR count). The van der Waals surface area contributed by atoms with Crippen molar-refractivity contribution in [3.8, 4) is 28.3 Å². The van der Waals surface area contributed by atoms with E-state index in [-0.39, 0.29) is 11.7 Å². The van der Waals surface area contributed by atoms with Gasteiger partial charge >= 0.3 is 0 Å². The summed E-state index contributed by atoms with van der Waals surface area (Å²) in [6.07, 6.45) is 3.07. The van der Waals surface area contributed by atoms with Crippen molar-refractivity contribution < 1.29 is 9.90 Å². The molecule has 0 unspecified atom stereocenters. The average molecular weight is 516 g/mol. The molecule has 1 amide bonds. The number of phenols is 1. The van der Waals surface area contributed by atoms with Crippen molar-refractivity contribution in [1.29, 1.82) is 0 Å². The lowest BCUT2D eigenvalue weighted by molar-refractivity contribution is -0.131. The van der Waals surface area contributed by atoms with Crippen molar-refractivity contribution in [2.24, 2.45) is 11.8 Å². The molecule has 2 fully saturated rings. The standard InChI is InChI=1S/C28H26BrN3O2/c29-22-9-5-10-23-26(22)30-27(25-21(8-4-11-24(25)33)19-6-2-1-3-7-19)32(23)17-18-14-15-31(16-18)28(34)20-12-13-20/h1-11,18,20,33H,12-17H2/t18-/m1/s1. The summed E-state index contributed by atoms with van der Waals surface area (Å²) in [5, 5.41) is 11.1. The van der Waals surface area contributed by atoms with Crippen LogP contribution in [0.5, 0.6) is 5.75 Å². The highest BCUT2D eigenvalue weighted by Crippen LogP contribution is 2.41. The molecule has 2 heterocycles. The fourth-order valence-corrected chi connectivity index (χ4v) is 5.59. The molecular formula is C28H26BrN3O2. The first-order valence-electron chi connectivity index (χ1n) is 11.9. The largest absolute Gasteiger partial charge is 0.507 e. The van der Waals surface area contributed by atoms with Gasteiger partial charge in [0.25, 0.3) is 0 Å². The van der Waals surface area contributed by atoms with E-state index in [9.17, 15) is 9.90 Å². The zero-order valence-corrected chi connectivity index (χ0v) is 20.4. The number of aromatic hydroxyl groups is 1. The molecule has 2 aliphatic rings. The number of carbonyl (C=O) groups excluding carboxylic acids is 1. The summed E-state index contributed by atoms with van der Waals surface area (Å²) in [5.41, 5.74) is 4.63. The normalized spacial score (nSPS) is 18.0. The van der Waals surface area contributed by atoms with Gasteiger partial charge in [0.1, 0.15) is 17.1 Å². The zero-order valence-electron chi connectivity index (χ0n) is 18.8. The van der Waals surface area contributed by atoms with Gasteiger partial charge < -0.3 is 14.6 Å². The number of carbonyl (C=O) groups is 1. The van der Waals surface area contributed by atoms with Gasteiger partial charge in [-0.15, -0.1) is 0 Å². The maximum absolute atomic E-state index is 12.6. The lowest BCUT2D eigenvalue weighted by Crippen LogP contribution is -2.30. The van der Waals surface area contributed by atoms with Crippen LogP contribution in [0.15, 0.2) is 71.2 Å².